The maximum atomic E-state index is 13.7. The van der Waals surface area contributed by atoms with Gasteiger partial charge in [-0.05, 0) is 43.5 Å². The number of alkyl halides is 3. The van der Waals surface area contributed by atoms with Gasteiger partial charge in [-0.1, -0.05) is 30.3 Å². The summed E-state index contributed by atoms with van der Waals surface area (Å²) in [6.07, 6.45) is -1.71. The van der Waals surface area contributed by atoms with Crippen LogP contribution in [-0.2, 0) is 15.8 Å². The molecule has 0 amide bonds. The number of hydrogen-bond donors (Lipinski definition) is 3. The smallest absolute Gasteiger partial charge is 0.419 e. The Hall–Kier alpha value is -3.40. The molecule has 0 heterocycles. The van der Waals surface area contributed by atoms with E-state index in [1.54, 1.807) is 0 Å². The van der Waals surface area contributed by atoms with Gasteiger partial charge in [-0.3, -0.25) is 0 Å². The molecule has 4 N–H and O–H groups in total. The van der Waals surface area contributed by atoms with E-state index in [0.29, 0.717) is 31.2 Å². The fourth-order valence-corrected chi connectivity index (χ4v) is 2.54. The summed E-state index contributed by atoms with van der Waals surface area (Å²) in [5.74, 6) is -3.78. The molecule has 0 bridgehead atoms. The van der Waals surface area contributed by atoms with Crippen LogP contribution in [0, 0.1) is 5.82 Å². The van der Waals surface area contributed by atoms with E-state index in [2.05, 4.69) is 0 Å². The second-order valence-electron chi connectivity index (χ2n) is 6.45. The van der Waals surface area contributed by atoms with Crippen molar-refractivity contribution in [2.24, 2.45) is 5.73 Å². The number of hydrogen-bond acceptors (Lipinski definition) is 4. The van der Waals surface area contributed by atoms with Gasteiger partial charge in [0.25, 0.3) is 0 Å². The lowest BCUT2D eigenvalue weighted by Crippen LogP contribution is -2.11. The lowest BCUT2D eigenvalue weighted by atomic mass is 10.0. The Balaban J connectivity index is 0.000000547. The van der Waals surface area contributed by atoms with Crippen molar-refractivity contribution in [2.45, 2.75) is 31.5 Å². The van der Waals surface area contributed by atoms with Crippen molar-refractivity contribution in [1.29, 1.82) is 0 Å². The first-order chi connectivity index (χ1) is 15.0. The minimum atomic E-state index is -4.72. The fraction of sp³-hybridized carbons (Fsp3) is 0.273. The standard InChI is InChI=1S/C18H19F4NO.C4H4O4/c19-16-12-14(9-10-15(16)18(20,21)22)24-17(8-4-5-11-23)13-6-2-1-3-7-13;5-3(6)1-2-4(7)8/h1-3,6-7,9-10,12,17H,4-5,8,11,23H2;1-2H,(H,5,6)(H,7,8)/t17-;/m0./s1. The number of aliphatic carboxylic acids is 2. The van der Waals surface area contributed by atoms with Crippen molar-refractivity contribution in [3.8, 4) is 5.75 Å². The topological polar surface area (TPSA) is 110 Å². The Kier molecular flexibility index (Phi) is 10.9. The van der Waals surface area contributed by atoms with Crippen LogP contribution in [-0.4, -0.2) is 28.7 Å². The van der Waals surface area contributed by atoms with Gasteiger partial charge >= 0.3 is 18.1 Å². The summed E-state index contributed by atoms with van der Waals surface area (Å²) in [7, 11) is 0. The van der Waals surface area contributed by atoms with E-state index in [4.69, 9.17) is 20.7 Å². The zero-order chi connectivity index (χ0) is 24.1. The van der Waals surface area contributed by atoms with E-state index in [9.17, 15) is 27.2 Å². The normalized spacial score (nSPS) is 12.0. The second-order valence-corrected chi connectivity index (χ2v) is 6.45. The molecule has 0 radical (unpaired) electrons. The Bertz CT molecular complexity index is 885. The van der Waals surface area contributed by atoms with Crippen molar-refractivity contribution >= 4 is 11.9 Å². The number of carbonyl (C=O) groups is 2. The monoisotopic (exact) mass is 457 g/mol. The van der Waals surface area contributed by atoms with Gasteiger partial charge in [0.1, 0.15) is 17.7 Å². The van der Waals surface area contributed by atoms with Gasteiger partial charge in [0.2, 0.25) is 0 Å². The fourth-order valence-electron chi connectivity index (χ4n) is 2.54. The molecule has 0 aromatic heterocycles. The molecule has 2 rings (SSSR count). The molecule has 0 aliphatic rings. The third-order valence-corrected chi connectivity index (χ3v) is 3.98. The van der Waals surface area contributed by atoms with Crippen molar-refractivity contribution < 1.29 is 42.1 Å². The van der Waals surface area contributed by atoms with Crippen LogP contribution in [0.4, 0.5) is 17.6 Å². The van der Waals surface area contributed by atoms with Crippen LogP contribution in [0.3, 0.4) is 0 Å². The number of benzene rings is 2. The number of rotatable bonds is 9. The van der Waals surface area contributed by atoms with Gasteiger partial charge in [0.05, 0.1) is 5.56 Å². The zero-order valence-corrected chi connectivity index (χ0v) is 16.9. The first-order valence-corrected chi connectivity index (χ1v) is 9.47. The molecule has 0 saturated heterocycles. The van der Waals surface area contributed by atoms with Gasteiger partial charge in [-0.25, -0.2) is 14.0 Å². The molecule has 2 aromatic carbocycles. The molecule has 0 aliphatic carbocycles. The van der Waals surface area contributed by atoms with Gasteiger partial charge < -0.3 is 20.7 Å². The Labute approximate surface area is 181 Å². The van der Waals surface area contributed by atoms with Crippen molar-refractivity contribution in [2.75, 3.05) is 6.54 Å². The Morgan fingerprint density at radius 1 is 1.00 bits per heavy atom. The first kappa shape index (κ1) is 26.6. The highest BCUT2D eigenvalue weighted by Gasteiger charge is 2.34. The molecule has 0 fully saturated rings. The SMILES string of the molecule is NCCCC[C@H](Oc1ccc(C(F)(F)F)c(F)c1)c1ccccc1.O=C(O)C=CC(=O)O. The number of halogens is 4. The predicted molar refractivity (Wildman–Crippen MR) is 109 cm³/mol. The van der Waals surface area contributed by atoms with Crippen molar-refractivity contribution in [3.05, 3.63) is 77.6 Å². The zero-order valence-electron chi connectivity index (χ0n) is 16.9. The number of carboxylic acid groups (broad SMARTS) is 2. The molecule has 32 heavy (non-hydrogen) atoms. The van der Waals surface area contributed by atoms with Crippen LogP contribution in [0.25, 0.3) is 0 Å². The number of unbranched alkanes of at least 4 members (excludes halogenated alkanes) is 1. The third kappa shape index (κ3) is 10.1. The van der Waals surface area contributed by atoms with Crippen LogP contribution in [0.5, 0.6) is 5.75 Å². The minimum Gasteiger partial charge on any atom is -0.486 e. The minimum absolute atomic E-state index is 0.0714. The highest BCUT2D eigenvalue weighted by Crippen LogP contribution is 2.34. The van der Waals surface area contributed by atoms with E-state index in [1.807, 2.05) is 30.3 Å². The molecule has 1 atom stereocenters. The largest absolute Gasteiger partial charge is 0.486 e. The van der Waals surface area contributed by atoms with Gasteiger partial charge in [-0.15, -0.1) is 0 Å². The molecular weight excluding hydrogens is 434 g/mol. The van der Waals surface area contributed by atoms with Gasteiger partial charge in [0, 0.05) is 18.2 Å². The van der Waals surface area contributed by atoms with Gasteiger partial charge in [0.15, 0.2) is 0 Å². The van der Waals surface area contributed by atoms with Crippen LogP contribution < -0.4 is 10.5 Å². The number of nitrogens with two attached hydrogens (primary N) is 1. The molecule has 0 aliphatic heterocycles. The summed E-state index contributed by atoms with van der Waals surface area (Å²) in [6.45, 7) is 0.552. The lowest BCUT2D eigenvalue weighted by Gasteiger charge is -2.20. The number of carboxylic acids is 2. The summed E-state index contributed by atoms with van der Waals surface area (Å²) in [4.78, 5) is 19.1. The van der Waals surface area contributed by atoms with E-state index in [-0.39, 0.29) is 11.9 Å². The average Bonchev–Trinajstić information content (AvgIpc) is 2.72. The summed E-state index contributed by atoms with van der Waals surface area (Å²) in [6, 6.07) is 11.9. The van der Waals surface area contributed by atoms with Gasteiger partial charge in [-0.2, -0.15) is 13.2 Å². The molecule has 0 saturated carbocycles. The molecule has 0 spiro atoms. The van der Waals surface area contributed by atoms with E-state index in [0.717, 1.165) is 30.5 Å². The van der Waals surface area contributed by atoms with Crippen LogP contribution in [0.15, 0.2) is 60.7 Å². The van der Waals surface area contributed by atoms with Crippen LogP contribution >= 0.6 is 0 Å². The lowest BCUT2D eigenvalue weighted by molar-refractivity contribution is -0.140. The van der Waals surface area contributed by atoms with Crippen molar-refractivity contribution in [3.63, 3.8) is 0 Å². The first-order valence-electron chi connectivity index (χ1n) is 9.47. The average molecular weight is 457 g/mol. The third-order valence-electron chi connectivity index (χ3n) is 3.98. The summed E-state index contributed by atoms with van der Waals surface area (Å²) in [5.41, 5.74) is 5.07. The Morgan fingerprint density at radius 2 is 1.59 bits per heavy atom. The van der Waals surface area contributed by atoms with Crippen LogP contribution in [0.2, 0.25) is 0 Å². The maximum absolute atomic E-state index is 13.7. The summed E-state index contributed by atoms with van der Waals surface area (Å²) < 4.78 is 57.3. The highest BCUT2D eigenvalue weighted by atomic mass is 19.4. The quantitative estimate of drug-likeness (QED) is 0.283. The molecule has 174 valence electrons. The molecule has 2 aromatic rings. The Morgan fingerprint density at radius 3 is 2.06 bits per heavy atom. The van der Waals surface area contributed by atoms with E-state index >= 15 is 0 Å². The van der Waals surface area contributed by atoms with Crippen LogP contribution in [0.1, 0.15) is 36.5 Å². The molecule has 0 unspecified atom stereocenters. The predicted octanol–water partition coefficient (Wildman–Crippen LogP) is 4.81. The maximum Gasteiger partial charge on any atom is 0.419 e. The van der Waals surface area contributed by atoms with E-state index < -0.39 is 29.5 Å². The summed E-state index contributed by atoms with van der Waals surface area (Å²) >= 11 is 0. The molecule has 6 nitrogen and oxygen atoms in total. The van der Waals surface area contributed by atoms with Crippen molar-refractivity contribution in [1.82, 2.24) is 0 Å². The number of ether oxygens (including phenoxy) is 1. The van der Waals surface area contributed by atoms with E-state index in [1.165, 1.54) is 0 Å². The molecular formula is C22H23F4NO5. The second kappa shape index (κ2) is 13.1. The highest BCUT2D eigenvalue weighted by molar-refractivity contribution is 5.89. The summed E-state index contributed by atoms with van der Waals surface area (Å²) in [5, 5.41) is 15.6. The molecule has 10 heteroatoms.